The van der Waals surface area contributed by atoms with Gasteiger partial charge in [0.25, 0.3) is 0 Å². The lowest BCUT2D eigenvalue weighted by molar-refractivity contribution is -0.115. The van der Waals surface area contributed by atoms with Crippen LogP contribution in [0.4, 0.5) is 10.3 Å². The molecule has 0 bridgehead atoms. The van der Waals surface area contributed by atoms with Crippen LogP contribution in [0.3, 0.4) is 0 Å². The first-order chi connectivity index (χ1) is 14.7. The molecule has 0 radical (unpaired) electrons. The Hall–Kier alpha value is -3.87. The lowest BCUT2D eigenvalue weighted by Crippen LogP contribution is -2.15. The van der Waals surface area contributed by atoms with Gasteiger partial charge in [-0.05, 0) is 47.9 Å². The smallest absolute Gasteiger partial charge is 0.241 e. The van der Waals surface area contributed by atoms with E-state index in [0.717, 1.165) is 17.5 Å². The molecule has 0 aliphatic carbocycles. The number of nitrogens with one attached hydrogen (secondary N) is 1. The first kappa shape index (κ1) is 19.4. The molecule has 30 heavy (non-hydrogen) atoms. The van der Waals surface area contributed by atoms with Crippen molar-refractivity contribution in [3.05, 3.63) is 84.1 Å². The molecule has 6 nitrogen and oxygen atoms in total. The number of amides is 1. The second-order valence-electron chi connectivity index (χ2n) is 6.68. The summed E-state index contributed by atoms with van der Waals surface area (Å²) in [6.07, 6.45) is 4.04. The van der Waals surface area contributed by atoms with Crippen LogP contribution in [0.25, 0.3) is 22.5 Å². The monoisotopic (exact) mass is 402 g/mol. The van der Waals surface area contributed by atoms with E-state index >= 15 is 0 Å². The second kappa shape index (κ2) is 8.65. The molecular formula is C23H19FN4O2. The number of benzene rings is 2. The molecule has 7 heteroatoms. The van der Waals surface area contributed by atoms with Gasteiger partial charge < -0.3 is 4.52 Å². The molecule has 2 heterocycles. The van der Waals surface area contributed by atoms with Crippen molar-refractivity contribution in [3.8, 4) is 22.5 Å². The van der Waals surface area contributed by atoms with Crippen LogP contribution in [0.1, 0.15) is 18.1 Å². The van der Waals surface area contributed by atoms with E-state index in [0.29, 0.717) is 22.5 Å². The summed E-state index contributed by atoms with van der Waals surface area (Å²) >= 11 is 0. The highest BCUT2D eigenvalue weighted by Crippen LogP contribution is 2.36. The molecule has 0 aliphatic rings. The zero-order valence-electron chi connectivity index (χ0n) is 16.3. The average Bonchev–Trinajstić information content (AvgIpc) is 3.18. The Morgan fingerprint density at radius 2 is 1.83 bits per heavy atom. The maximum absolute atomic E-state index is 13.4. The average molecular weight is 402 g/mol. The highest BCUT2D eigenvalue weighted by atomic mass is 19.1. The minimum Gasteiger partial charge on any atom is -0.337 e. The van der Waals surface area contributed by atoms with Gasteiger partial charge in [-0.1, -0.05) is 36.3 Å². The molecule has 150 valence electrons. The summed E-state index contributed by atoms with van der Waals surface area (Å²) in [7, 11) is 0. The first-order valence-corrected chi connectivity index (χ1v) is 9.54. The number of rotatable bonds is 6. The van der Waals surface area contributed by atoms with Gasteiger partial charge in [0.2, 0.25) is 11.8 Å². The Labute approximate surface area is 172 Å². The van der Waals surface area contributed by atoms with Gasteiger partial charge in [-0.2, -0.15) is 0 Å². The number of nitrogens with zero attached hydrogens (tertiary/aromatic N) is 3. The van der Waals surface area contributed by atoms with Gasteiger partial charge in [0.1, 0.15) is 17.8 Å². The number of anilines is 1. The maximum Gasteiger partial charge on any atom is 0.241 e. The van der Waals surface area contributed by atoms with E-state index in [1.54, 1.807) is 24.4 Å². The van der Waals surface area contributed by atoms with Gasteiger partial charge in [-0.15, -0.1) is 0 Å². The molecule has 0 saturated heterocycles. The van der Waals surface area contributed by atoms with Crippen molar-refractivity contribution in [1.82, 2.24) is 15.1 Å². The Balaban J connectivity index is 1.68. The first-order valence-electron chi connectivity index (χ1n) is 9.54. The number of halogens is 1. The Morgan fingerprint density at radius 1 is 1.07 bits per heavy atom. The molecule has 4 aromatic rings. The molecule has 0 atom stereocenters. The molecule has 0 aliphatic heterocycles. The lowest BCUT2D eigenvalue weighted by Gasteiger charge is -2.08. The highest BCUT2D eigenvalue weighted by Gasteiger charge is 2.22. The maximum atomic E-state index is 13.4. The van der Waals surface area contributed by atoms with Gasteiger partial charge in [-0.25, -0.2) is 14.4 Å². The van der Waals surface area contributed by atoms with E-state index in [4.69, 9.17) is 4.52 Å². The molecule has 2 aromatic heterocycles. The van der Waals surface area contributed by atoms with E-state index in [9.17, 15) is 9.18 Å². The zero-order valence-corrected chi connectivity index (χ0v) is 16.3. The fourth-order valence-corrected chi connectivity index (χ4v) is 3.28. The summed E-state index contributed by atoms with van der Waals surface area (Å²) in [5, 5.41) is 6.92. The number of carbonyl (C=O) groups is 1. The Bertz CT molecular complexity index is 1160. The van der Waals surface area contributed by atoms with Crippen LogP contribution in [0.15, 0.2) is 71.6 Å². The number of hydrogen-bond donors (Lipinski definition) is 1. The molecule has 0 fully saturated rings. The van der Waals surface area contributed by atoms with Gasteiger partial charge in [0, 0.05) is 11.8 Å². The number of hydrogen-bond acceptors (Lipinski definition) is 5. The topological polar surface area (TPSA) is 80.9 Å². The van der Waals surface area contributed by atoms with Crippen molar-refractivity contribution < 1.29 is 13.7 Å². The summed E-state index contributed by atoms with van der Waals surface area (Å²) < 4.78 is 18.8. The van der Waals surface area contributed by atoms with Crippen LogP contribution < -0.4 is 5.32 Å². The van der Waals surface area contributed by atoms with E-state index in [1.807, 2.05) is 24.3 Å². The Kier molecular flexibility index (Phi) is 5.61. The van der Waals surface area contributed by atoms with Crippen molar-refractivity contribution in [2.45, 2.75) is 19.8 Å². The minimum atomic E-state index is -0.353. The molecule has 0 saturated carbocycles. The lowest BCUT2D eigenvalue weighted by atomic mass is 10.0. The van der Waals surface area contributed by atoms with Crippen LogP contribution in [-0.2, 0) is 17.6 Å². The van der Waals surface area contributed by atoms with Crippen LogP contribution in [0.2, 0.25) is 0 Å². The van der Waals surface area contributed by atoms with Crippen molar-refractivity contribution >= 4 is 11.8 Å². The third-order valence-corrected chi connectivity index (χ3v) is 4.75. The van der Waals surface area contributed by atoms with Crippen LogP contribution in [-0.4, -0.2) is 21.0 Å². The van der Waals surface area contributed by atoms with Gasteiger partial charge in [-0.3, -0.25) is 10.1 Å². The largest absolute Gasteiger partial charge is 0.337 e. The van der Waals surface area contributed by atoms with Crippen molar-refractivity contribution in [3.63, 3.8) is 0 Å². The molecular weight excluding hydrogens is 383 g/mol. The fourth-order valence-electron chi connectivity index (χ4n) is 3.28. The quantitative estimate of drug-likeness (QED) is 0.506. The van der Waals surface area contributed by atoms with E-state index < -0.39 is 0 Å². The number of carbonyl (C=O) groups excluding carboxylic acids is 1. The summed E-state index contributed by atoms with van der Waals surface area (Å²) in [4.78, 5) is 20.9. The second-order valence-corrected chi connectivity index (χ2v) is 6.68. The predicted molar refractivity (Wildman–Crippen MR) is 111 cm³/mol. The molecule has 1 amide bonds. The van der Waals surface area contributed by atoms with Crippen LogP contribution >= 0.6 is 0 Å². The SMILES string of the molecule is CCc1ccccc1CC(=O)Nc1onc(-c2ccc(F)cc2)c1-c1ccncn1. The van der Waals surface area contributed by atoms with E-state index in [1.165, 1.54) is 18.5 Å². The van der Waals surface area contributed by atoms with Crippen molar-refractivity contribution in [2.75, 3.05) is 5.32 Å². The van der Waals surface area contributed by atoms with Gasteiger partial charge >= 0.3 is 0 Å². The Morgan fingerprint density at radius 3 is 2.53 bits per heavy atom. The summed E-state index contributed by atoms with van der Waals surface area (Å²) in [6, 6.07) is 15.4. The molecule has 0 unspecified atom stereocenters. The fraction of sp³-hybridized carbons (Fsp3) is 0.130. The number of aryl methyl sites for hydroxylation is 1. The molecule has 1 N–H and O–H groups in total. The van der Waals surface area contributed by atoms with E-state index in [-0.39, 0.29) is 24.0 Å². The third-order valence-electron chi connectivity index (χ3n) is 4.75. The zero-order chi connectivity index (χ0) is 20.9. The van der Waals surface area contributed by atoms with E-state index in [2.05, 4.69) is 27.4 Å². The summed E-state index contributed by atoms with van der Waals surface area (Å²) in [5.41, 5.74) is 4.23. The summed E-state index contributed by atoms with van der Waals surface area (Å²) in [5.74, 6) is -0.394. The third kappa shape index (κ3) is 4.10. The normalized spacial score (nSPS) is 10.7. The van der Waals surface area contributed by atoms with Crippen molar-refractivity contribution in [2.24, 2.45) is 0 Å². The minimum absolute atomic E-state index is 0.187. The van der Waals surface area contributed by atoms with Gasteiger partial charge in [0.05, 0.1) is 17.7 Å². The van der Waals surface area contributed by atoms with Crippen LogP contribution in [0, 0.1) is 5.82 Å². The standard InChI is InChI=1S/C23H19FN4O2/c1-2-15-5-3-4-6-17(15)13-20(29)27-23-21(19-11-12-25-14-26-19)22(28-30-23)16-7-9-18(24)10-8-16/h3-12,14H,2,13H2,1H3,(H,27,29). The summed E-state index contributed by atoms with van der Waals surface area (Å²) in [6.45, 7) is 2.05. The predicted octanol–water partition coefficient (Wildman–Crippen LogP) is 4.68. The van der Waals surface area contributed by atoms with Crippen molar-refractivity contribution in [1.29, 1.82) is 0 Å². The highest BCUT2D eigenvalue weighted by molar-refractivity contribution is 5.97. The molecule has 4 rings (SSSR count). The van der Waals surface area contributed by atoms with Gasteiger partial charge in [0.15, 0.2) is 0 Å². The molecule has 2 aromatic carbocycles. The molecule has 0 spiro atoms. The van der Waals surface area contributed by atoms with Crippen LogP contribution in [0.5, 0.6) is 0 Å². The number of aromatic nitrogens is 3.